The van der Waals surface area contributed by atoms with Crippen LogP contribution in [0.1, 0.15) is 28.1 Å². The third-order valence-corrected chi connectivity index (χ3v) is 4.29. The highest BCUT2D eigenvalue weighted by Crippen LogP contribution is 2.23. The van der Waals surface area contributed by atoms with Crippen LogP contribution in [-0.2, 0) is 4.74 Å². The minimum absolute atomic E-state index is 0.127. The number of aryl methyl sites for hydroxylation is 3. The Morgan fingerprint density at radius 3 is 2.54 bits per heavy atom. The number of rotatable bonds is 4. The molecule has 3 nitrogen and oxygen atoms in total. The second-order valence-electron chi connectivity index (χ2n) is 6.23. The lowest BCUT2D eigenvalue weighted by molar-refractivity contribution is 0.302. The van der Waals surface area contributed by atoms with Crippen LogP contribution in [0.15, 0.2) is 53.9 Å². The summed E-state index contributed by atoms with van der Waals surface area (Å²) < 4.78 is 5.53. The van der Waals surface area contributed by atoms with Crippen LogP contribution < -0.4 is 5.32 Å². The van der Waals surface area contributed by atoms with Gasteiger partial charge in [-0.25, -0.2) is 0 Å². The summed E-state index contributed by atoms with van der Waals surface area (Å²) in [4.78, 5) is 3.38. The molecule has 2 heterocycles. The molecule has 1 aliphatic rings. The van der Waals surface area contributed by atoms with Crippen molar-refractivity contribution in [3.63, 3.8) is 0 Å². The predicted octanol–water partition coefficient (Wildman–Crippen LogP) is 4.50. The van der Waals surface area contributed by atoms with Crippen LogP contribution in [0.5, 0.6) is 0 Å². The van der Waals surface area contributed by atoms with Gasteiger partial charge >= 0.3 is 0 Å². The van der Waals surface area contributed by atoms with E-state index in [2.05, 4.69) is 85.7 Å². The summed E-state index contributed by atoms with van der Waals surface area (Å²) in [7, 11) is 1.71. The quantitative estimate of drug-likeness (QED) is 0.870. The van der Waals surface area contributed by atoms with E-state index in [1.54, 1.807) is 7.11 Å². The Hall–Kier alpha value is -2.68. The molecule has 1 atom stereocenters. The van der Waals surface area contributed by atoms with Gasteiger partial charge in [0.15, 0.2) is 0 Å². The molecule has 1 aromatic heterocycles. The first kappa shape index (κ1) is 16.2. The maximum Gasteiger partial charge on any atom is 0.140 e. The Morgan fingerprint density at radius 1 is 1.08 bits per heavy atom. The van der Waals surface area contributed by atoms with Crippen molar-refractivity contribution in [2.24, 2.45) is 0 Å². The predicted molar refractivity (Wildman–Crippen MR) is 100 cm³/mol. The van der Waals surface area contributed by atoms with Crippen LogP contribution in [0, 0.1) is 20.8 Å². The molecule has 1 unspecified atom stereocenters. The number of aromatic amines is 1. The maximum atomic E-state index is 5.53. The molecule has 0 bridgehead atoms. The van der Waals surface area contributed by atoms with Crippen LogP contribution >= 0.6 is 0 Å². The van der Waals surface area contributed by atoms with Crippen molar-refractivity contribution in [1.82, 2.24) is 10.3 Å². The Bertz CT molecular complexity index is 824. The van der Waals surface area contributed by atoms with Crippen molar-refractivity contribution in [3.8, 4) is 0 Å². The average molecular weight is 320 g/mol. The number of hydrogen-bond donors (Lipinski definition) is 2. The normalized spacial score (nSPS) is 18.9. The van der Waals surface area contributed by atoms with Gasteiger partial charge in [-0.3, -0.25) is 0 Å². The van der Waals surface area contributed by atoms with E-state index < -0.39 is 0 Å². The molecule has 1 aliphatic heterocycles. The van der Waals surface area contributed by atoms with Crippen molar-refractivity contribution < 1.29 is 4.74 Å². The second kappa shape index (κ2) is 6.83. The SMILES string of the molecule is COC1=CC(/C=C/c2ccccc2C)N/C1=C\c1[nH]c(C)cc1C. The van der Waals surface area contributed by atoms with Crippen LogP contribution in [0.25, 0.3) is 12.2 Å². The van der Waals surface area contributed by atoms with E-state index in [9.17, 15) is 0 Å². The minimum Gasteiger partial charge on any atom is -0.495 e. The fourth-order valence-electron chi connectivity index (χ4n) is 2.96. The van der Waals surface area contributed by atoms with E-state index in [4.69, 9.17) is 4.74 Å². The van der Waals surface area contributed by atoms with Gasteiger partial charge in [0, 0.05) is 11.4 Å². The third kappa shape index (κ3) is 3.46. The van der Waals surface area contributed by atoms with Crippen LogP contribution in [0.2, 0.25) is 0 Å². The molecule has 0 aliphatic carbocycles. The van der Waals surface area contributed by atoms with Crippen molar-refractivity contribution >= 4 is 12.2 Å². The largest absolute Gasteiger partial charge is 0.495 e. The molecule has 0 amide bonds. The molecule has 0 spiro atoms. The topological polar surface area (TPSA) is 37.0 Å². The summed E-state index contributed by atoms with van der Waals surface area (Å²) in [5, 5.41) is 3.50. The van der Waals surface area contributed by atoms with Crippen LogP contribution in [0.3, 0.4) is 0 Å². The van der Waals surface area contributed by atoms with E-state index in [1.807, 2.05) is 0 Å². The number of hydrogen-bond acceptors (Lipinski definition) is 2. The summed E-state index contributed by atoms with van der Waals surface area (Å²) in [5.74, 6) is 0.876. The van der Waals surface area contributed by atoms with Gasteiger partial charge in [0.1, 0.15) is 5.76 Å². The van der Waals surface area contributed by atoms with Gasteiger partial charge in [-0.05, 0) is 55.7 Å². The summed E-state index contributed by atoms with van der Waals surface area (Å²) in [5.41, 5.74) is 7.02. The number of methoxy groups -OCH3 is 1. The van der Waals surface area contributed by atoms with Crippen LogP contribution in [-0.4, -0.2) is 18.1 Å². The van der Waals surface area contributed by atoms with Gasteiger partial charge in [0.2, 0.25) is 0 Å². The second-order valence-corrected chi connectivity index (χ2v) is 6.23. The van der Waals surface area contributed by atoms with Gasteiger partial charge in [0.05, 0.1) is 18.8 Å². The number of nitrogens with one attached hydrogen (secondary N) is 2. The van der Waals surface area contributed by atoms with Crippen molar-refractivity contribution in [1.29, 1.82) is 0 Å². The smallest absolute Gasteiger partial charge is 0.140 e. The molecule has 1 aromatic carbocycles. The first-order valence-corrected chi connectivity index (χ1v) is 8.21. The highest BCUT2D eigenvalue weighted by molar-refractivity contribution is 5.61. The molecular weight excluding hydrogens is 296 g/mol. The van der Waals surface area contributed by atoms with Gasteiger partial charge < -0.3 is 15.0 Å². The maximum absolute atomic E-state index is 5.53. The monoisotopic (exact) mass is 320 g/mol. The van der Waals surface area contributed by atoms with Gasteiger partial charge in [-0.2, -0.15) is 0 Å². The number of ether oxygens (including phenoxy) is 1. The molecular formula is C21H24N2O. The van der Waals surface area contributed by atoms with Gasteiger partial charge in [-0.1, -0.05) is 36.4 Å². The third-order valence-electron chi connectivity index (χ3n) is 4.29. The van der Waals surface area contributed by atoms with Gasteiger partial charge in [-0.15, -0.1) is 0 Å². The number of benzene rings is 1. The summed E-state index contributed by atoms with van der Waals surface area (Å²) in [6.45, 7) is 6.30. The Morgan fingerprint density at radius 2 is 1.88 bits per heavy atom. The average Bonchev–Trinajstić information content (AvgIpc) is 3.09. The molecule has 0 saturated carbocycles. The zero-order valence-electron chi connectivity index (χ0n) is 14.7. The molecule has 0 radical (unpaired) electrons. The molecule has 0 fully saturated rings. The highest BCUT2D eigenvalue weighted by Gasteiger charge is 2.19. The summed E-state index contributed by atoms with van der Waals surface area (Å²) in [6.07, 6.45) is 8.53. The Kier molecular flexibility index (Phi) is 4.61. The van der Waals surface area contributed by atoms with Crippen LogP contribution in [0.4, 0.5) is 0 Å². The Labute approximate surface area is 143 Å². The van der Waals surface area contributed by atoms with Crippen molar-refractivity contribution in [2.75, 3.05) is 7.11 Å². The number of aromatic nitrogens is 1. The first-order chi connectivity index (χ1) is 11.6. The molecule has 0 saturated heterocycles. The lowest BCUT2D eigenvalue weighted by Gasteiger charge is -2.08. The molecule has 3 rings (SSSR count). The summed E-state index contributed by atoms with van der Waals surface area (Å²) in [6, 6.07) is 10.6. The lowest BCUT2D eigenvalue weighted by atomic mass is 10.1. The molecule has 2 aromatic rings. The molecule has 124 valence electrons. The fraction of sp³-hybridized carbons (Fsp3) is 0.238. The Balaban J connectivity index is 1.80. The van der Waals surface area contributed by atoms with E-state index in [0.717, 1.165) is 22.8 Å². The van der Waals surface area contributed by atoms with Crippen molar-refractivity contribution in [3.05, 3.63) is 82.0 Å². The minimum atomic E-state index is 0.127. The molecule has 2 N–H and O–H groups in total. The molecule has 3 heteroatoms. The van der Waals surface area contributed by atoms with E-state index in [1.165, 1.54) is 16.7 Å². The number of H-pyrrole nitrogens is 1. The highest BCUT2D eigenvalue weighted by atomic mass is 16.5. The standard InChI is InChI=1S/C21H24N2O/c1-14-7-5-6-8-17(14)9-10-18-12-21(24-4)20(23-18)13-19-15(2)11-16(3)22-19/h5-13,18,22-23H,1-4H3/b10-9+,20-13-. The lowest BCUT2D eigenvalue weighted by Crippen LogP contribution is -2.18. The summed E-state index contributed by atoms with van der Waals surface area (Å²) >= 11 is 0. The van der Waals surface area contributed by atoms with E-state index >= 15 is 0 Å². The van der Waals surface area contributed by atoms with E-state index in [-0.39, 0.29) is 6.04 Å². The zero-order chi connectivity index (χ0) is 17.1. The first-order valence-electron chi connectivity index (χ1n) is 8.21. The van der Waals surface area contributed by atoms with Gasteiger partial charge in [0.25, 0.3) is 0 Å². The fourth-order valence-corrected chi connectivity index (χ4v) is 2.96. The molecule has 24 heavy (non-hydrogen) atoms. The van der Waals surface area contributed by atoms with E-state index in [0.29, 0.717) is 0 Å². The van der Waals surface area contributed by atoms with Crippen molar-refractivity contribution in [2.45, 2.75) is 26.8 Å². The zero-order valence-corrected chi connectivity index (χ0v) is 14.7.